The van der Waals surface area contributed by atoms with Crippen molar-refractivity contribution in [2.45, 2.75) is 12.6 Å². The smallest absolute Gasteiger partial charge is 0.151 e. The van der Waals surface area contributed by atoms with Crippen molar-refractivity contribution in [3.8, 4) is 11.3 Å². The summed E-state index contributed by atoms with van der Waals surface area (Å²) >= 11 is 0. The molecule has 0 unspecified atom stereocenters. The van der Waals surface area contributed by atoms with Crippen LogP contribution in [0.15, 0.2) is 40.9 Å². The van der Waals surface area contributed by atoms with Crippen LogP contribution in [0.5, 0.6) is 0 Å². The molecule has 0 bridgehead atoms. The number of hydrogen-bond donors (Lipinski definition) is 1. The summed E-state index contributed by atoms with van der Waals surface area (Å²) in [5, 5.41) is 7.40. The Kier molecular flexibility index (Phi) is 3.13. The van der Waals surface area contributed by atoms with E-state index in [9.17, 15) is 0 Å². The molecule has 0 radical (unpaired) electrons. The largest absolute Gasteiger partial charge is 0.359 e. The molecule has 1 aromatic heterocycles. The maximum absolute atomic E-state index is 5.40. The summed E-state index contributed by atoms with van der Waals surface area (Å²) in [6, 6.07) is 12.8. The molecule has 1 fully saturated rings. The molecule has 1 aromatic carbocycles. The molecule has 0 saturated carbocycles. The summed E-state index contributed by atoms with van der Waals surface area (Å²) in [5.41, 5.74) is 2.01. The first-order valence-corrected chi connectivity index (χ1v) is 6.25. The Hall–Kier alpha value is -1.65. The van der Waals surface area contributed by atoms with Gasteiger partial charge in [-0.2, -0.15) is 0 Å². The quantitative estimate of drug-likeness (QED) is 0.888. The van der Waals surface area contributed by atoms with Gasteiger partial charge in [-0.05, 0) is 7.05 Å². The first-order valence-electron chi connectivity index (χ1n) is 6.25. The lowest BCUT2D eigenvalue weighted by Crippen LogP contribution is -2.55. The molecule has 0 spiro atoms. The minimum absolute atomic E-state index is 0.621. The predicted molar refractivity (Wildman–Crippen MR) is 70.1 cm³/mol. The Labute approximate surface area is 107 Å². The van der Waals surface area contributed by atoms with Crippen LogP contribution in [-0.2, 0) is 6.54 Å². The summed E-state index contributed by atoms with van der Waals surface area (Å²) in [6.45, 7) is 2.94. The standard InChI is InChI=1S/C14H17N3O/c1-17(12-8-15-9-12)10-13-7-14(16-18-13)11-5-3-2-4-6-11/h2-7,12,15H,8-10H2,1H3. The molecule has 1 saturated heterocycles. The maximum Gasteiger partial charge on any atom is 0.151 e. The second-order valence-electron chi connectivity index (χ2n) is 4.77. The van der Waals surface area contributed by atoms with E-state index in [0.29, 0.717) is 6.04 Å². The minimum atomic E-state index is 0.621. The lowest BCUT2D eigenvalue weighted by Gasteiger charge is -2.34. The summed E-state index contributed by atoms with van der Waals surface area (Å²) in [4.78, 5) is 2.30. The van der Waals surface area contributed by atoms with Crippen LogP contribution < -0.4 is 5.32 Å². The van der Waals surface area contributed by atoms with E-state index < -0.39 is 0 Å². The molecule has 0 atom stereocenters. The molecule has 2 heterocycles. The minimum Gasteiger partial charge on any atom is -0.359 e. The third-order valence-corrected chi connectivity index (χ3v) is 3.42. The molecular formula is C14H17N3O. The van der Waals surface area contributed by atoms with E-state index in [4.69, 9.17) is 4.52 Å². The van der Waals surface area contributed by atoms with Gasteiger partial charge in [-0.25, -0.2) is 0 Å². The molecule has 1 N–H and O–H groups in total. The second kappa shape index (κ2) is 4.92. The Morgan fingerprint density at radius 2 is 2.11 bits per heavy atom. The van der Waals surface area contributed by atoms with Crippen LogP contribution in [0.3, 0.4) is 0 Å². The van der Waals surface area contributed by atoms with Crippen LogP contribution in [0.2, 0.25) is 0 Å². The number of likely N-dealkylation sites (N-methyl/N-ethyl adjacent to an activating group) is 1. The molecule has 1 aliphatic heterocycles. The maximum atomic E-state index is 5.40. The van der Waals surface area contributed by atoms with Crippen LogP contribution >= 0.6 is 0 Å². The highest BCUT2D eigenvalue weighted by atomic mass is 16.5. The van der Waals surface area contributed by atoms with E-state index in [0.717, 1.165) is 36.7 Å². The van der Waals surface area contributed by atoms with Gasteiger partial charge in [0.05, 0.1) is 6.54 Å². The zero-order valence-electron chi connectivity index (χ0n) is 10.5. The summed E-state index contributed by atoms with van der Waals surface area (Å²) in [5.74, 6) is 0.920. The van der Waals surface area contributed by atoms with Gasteiger partial charge in [0.2, 0.25) is 0 Å². The number of aromatic nitrogens is 1. The highest BCUT2D eigenvalue weighted by Crippen LogP contribution is 2.19. The summed E-state index contributed by atoms with van der Waals surface area (Å²) in [6.07, 6.45) is 0. The monoisotopic (exact) mass is 243 g/mol. The van der Waals surface area contributed by atoms with Crippen molar-refractivity contribution in [1.82, 2.24) is 15.4 Å². The third-order valence-electron chi connectivity index (χ3n) is 3.42. The van der Waals surface area contributed by atoms with Gasteiger partial charge in [-0.3, -0.25) is 4.90 Å². The van der Waals surface area contributed by atoms with Crippen molar-refractivity contribution >= 4 is 0 Å². The van der Waals surface area contributed by atoms with Crippen molar-refractivity contribution < 1.29 is 4.52 Å². The first-order chi connectivity index (χ1) is 8.83. The Morgan fingerprint density at radius 3 is 2.78 bits per heavy atom. The third kappa shape index (κ3) is 2.30. The van der Waals surface area contributed by atoms with Crippen LogP contribution in [0, 0.1) is 0 Å². The summed E-state index contributed by atoms with van der Waals surface area (Å²) < 4.78 is 5.40. The van der Waals surface area contributed by atoms with E-state index in [1.165, 1.54) is 0 Å². The Morgan fingerprint density at radius 1 is 1.33 bits per heavy atom. The predicted octanol–water partition coefficient (Wildman–Crippen LogP) is 1.75. The SMILES string of the molecule is CN(Cc1cc(-c2ccccc2)no1)C1CNC1. The van der Waals surface area contributed by atoms with Crippen LogP contribution in [0.4, 0.5) is 0 Å². The van der Waals surface area contributed by atoms with Gasteiger partial charge in [0.25, 0.3) is 0 Å². The molecule has 4 heteroatoms. The molecular weight excluding hydrogens is 226 g/mol. The molecule has 18 heavy (non-hydrogen) atoms. The van der Waals surface area contributed by atoms with Gasteiger partial charge >= 0.3 is 0 Å². The average Bonchev–Trinajstić information content (AvgIpc) is 2.76. The number of hydrogen-bond acceptors (Lipinski definition) is 4. The van der Waals surface area contributed by atoms with Gasteiger partial charge < -0.3 is 9.84 Å². The van der Waals surface area contributed by atoms with Gasteiger partial charge in [0.15, 0.2) is 5.76 Å². The Balaban J connectivity index is 1.69. The lowest BCUT2D eigenvalue weighted by molar-refractivity contribution is 0.157. The molecule has 1 aliphatic rings. The fourth-order valence-electron chi connectivity index (χ4n) is 2.09. The van der Waals surface area contributed by atoms with Crippen molar-refractivity contribution in [1.29, 1.82) is 0 Å². The molecule has 94 valence electrons. The normalized spacial score (nSPS) is 15.9. The number of nitrogens with zero attached hydrogens (tertiary/aromatic N) is 2. The highest BCUT2D eigenvalue weighted by Gasteiger charge is 2.22. The van der Waals surface area contributed by atoms with Crippen molar-refractivity contribution in [3.63, 3.8) is 0 Å². The fourth-order valence-corrected chi connectivity index (χ4v) is 2.09. The van der Waals surface area contributed by atoms with E-state index >= 15 is 0 Å². The number of benzene rings is 1. The molecule has 3 rings (SSSR count). The zero-order valence-corrected chi connectivity index (χ0v) is 10.5. The molecule has 2 aromatic rings. The highest BCUT2D eigenvalue weighted by molar-refractivity contribution is 5.58. The first kappa shape index (κ1) is 11.4. The van der Waals surface area contributed by atoms with Gasteiger partial charge in [-0.1, -0.05) is 35.5 Å². The average molecular weight is 243 g/mol. The van der Waals surface area contributed by atoms with Crippen LogP contribution in [0.1, 0.15) is 5.76 Å². The van der Waals surface area contributed by atoms with Gasteiger partial charge in [0, 0.05) is 30.8 Å². The van der Waals surface area contributed by atoms with Gasteiger partial charge in [0.1, 0.15) is 5.69 Å². The lowest BCUT2D eigenvalue weighted by atomic mass is 10.1. The van der Waals surface area contributed by atoms with Crippen molar-refractivity contribution in [2.75, 3.05) is 20.1 Å². The van der Waals surface area contributed by atoms with Crippen LogP contribution in [0.25, 0.3) is 11.3 Å². The zero-order chi connectivity index (χ0) is 12.4. The van der Waals surface area contributed by atoms with E-state index in [-0.39, 0.29) is 0 Å². The topological polar surface area (TPSA) is 41.3 Å². The van der Waals surface area contributed by atoms with E-state index in [2.05, 4.69) is 22.4 Å². The van der Waals surface area contributed by atoms with Crippen molar-refractivity contribution in [2.24, 2.45) is 0 Å². The molecule has 0 amide bonds. The van der Waals surface area contributed by atoms with Crippen molar-refractivity contribution in [3.05, 3.63) is 42.2 Å². The van der Waals surface area contributed by atoms with Crippen LogP contribution in [-0.4, -0.2) is 36.2 Å². The van der Waals surface area contributed by atoms with E-state index in [1.54, 1.807) is 0 Å². The Bertz CT molecular complexity index is 505. The molecule has 0 aliphatic carbocycles. The number of rotatable bonds is 4. The molecule has 4 nitrogen and oxygen atoms in total. The fraction of sp³-hybridized carbons (Fsp3) is 0.357. The van der Waals surface area contributed by atoms with Gasteiger partial charge in [-0.15, -0.1) is 0 Å². The number of nitrogens with one attached hydrogen (secondary N) is 1. The summed E-state index contributed by atoms with van der Waals surface area (Å²) in [7, 11) is 2.12. The van der Waals surface area contributed by atoms with E-state index in [1.807, 2.05) is 36.4 Å². The second-order valence-corrected chi connectivity index (χ2v) is 4.77.